The van der Waals surface area contributed by atoms with E-state index in [1.807, 2.05) is 6.07 Å². The topological polar surface area (TPSA) is 43.3 Å². The number of fused-ring (bicyclic) bond motifs is 4. The highest BCUT2D eigenvalue weighted by molar-refractivity contribution is 5.85. The maximum Gasteiger partial charge on any atom is 0.387 e. The Balaban J connectivity index is 0.00000196. The molecule has 26 heavy (non-hydrogen) atoms. The van der Waals surface area contributed by atoms with Crippen LogP contribution in [-0.4, -0.2) is 24.3 Å². The number of nitrogens with zero attached hydrogens (tertiary/aromatic N) is 1. The molecule has 1 saturated heterocycles. The van der Waals surface area contributed by atoms with Crippen LogP contribution in [0.3, 0.4) is 0 Å². The van der Waals surface area contributed by atoms with Crippen LogP contribution >= 0.6 is 12.4 Å². The molecular weight excluding hydrogens is 369 g/mol. The van der Waals surface area contributed by atoms with E-state index in [0.29, 0.717) is 18.0 Å². The van der Waals surface area contributed by atoms with E-state index in [4.69, 9.17) is 0 Å². The fourth-order valence-electron chi connectivity index (χ4n) is 3.89. The molecular formula is C18H18ClF3N2O2. The lowest BCUT2D eigenvalue weighted by molar-refractivity contribution is -0.0496. The van der Waals surface area contributed by atoms with Crippen molar-refractivity contribution in [2.45, 2.75) is 25.5 Å². The van der Waals surface area contributed by atoms with Crippen LogP contribution in [0.25, 0.3) is 11.1 Å². The lowest BCUT2D eigenvalue weighted by atomic mass is 9.83. The molecule has 1 aromatic carbocycles. The van der Waals surface area contributed by atoms with Crippen LogP contribution in [0, 0.1) is 11.7 Å². The molecule has 2 aromatic rings. The van der Waals surface area contributed by atoms with Crippen molar-refractivity contribution in [3.63, 3.8) is 0 Å². The summed E-state index contributed by atoms with van der Waals surface area (Å²) in [6, 6.07) is 6.69. The van der Waals surface area contributed by atoms with Gasteiger partial charge in [-0.3, -0.25) is 4.79 Å². The molecule has 1 fully saturated rings. The molecule has 2 aliphatic heterocycles. The number of ether oxygens (including phenoxy) is 1. The summed E-state index contributed by atoms with van der Waals surface area (Å²) in [5.74, 6) is -0.304. The standard InChI is InChI=1S/C18H17F3N2O2.ClH/c19-13-1-2-14(16(6-13)25-18(20)21)11-4-15-12-3-10(7-22-8-12)9-23(15)17(24)5-11;/h1-2,4-6,10,12,18,22H,3,7-9H2;1H/t10-,12+;/m0./s1. The lowest BCUT2D eigenvalue weighted by Gasteiger charge is -2.37. The van der Waals surface area contributed by atoms with Gasteiger partial charge in [-0.15, -0.1) is 12.4 Å². The predicted octanol–water partition coefficient (Wildman–Crippen LogP) is 3.38. The lowest BCUT2D eigenvalue weighted by Crippen LogP contribution is -2.44. The highest BCUT2D eigenvalue weighted by Crippen LogP contribution is 2.36. The van der Waals surface area contributed by atoms with E-state index < -0.39 is 12.4 Å². The van der Waals surface area contributed by atoms with Crippen molar-refractivity contribution in [2.75, 3.05) is 13.1 Å². The van der Waals surface area contributed by atoms with Crippen molar-refractivity contribution in [1.82, 2.24) is 9.88 Å². The van der Waals surface area contributed by atoms with Gasteiger partial charge in [0.05, 0.1) is 0 Å². The Hall–Kier alpha value is -1.99. The van der Waals surface area contributed by atoms with Crippen molar-refractivity contribution in [3.8, 4) is 16.9 Å². The minimum absolute atomic E-state index is 0. The smallest absolute Gasteiger partial charge is 0.387 e. The molecule has 1 aromatic heterocycles. The van der Waals surface area contributed by atoms with Gasteiger partial charge in [0, 0.05) is 42.4 Å². The Bertz CT molecular complexity index is 872. The Morgan fingerprint density at radius 1 is 1.19 bits per heavy atom. The zero-order valence-corrected chi connectivity index (χ0v) is 14.6. The van der Waals surface area contributed by atoms with Gasteiger partial charge in [0.1, 0.15) is 11.6 Å². The van der Waals surface area contributed by atoms with Gasteiger partial charge < -0.3 is 14.6 Å². The molecule has 4 rings (SSSR count). The number of hydrogen-bond acceptors (Lipinski definition) is 3. The first-order valence-electron chi connectivity index (χ1n) is 8.21. The number of rotatable bonds is 3. The van der Waals surface area contributed by atoms with E-state index in [-0.39, 0.29) is 35.2 Å². The average molecular weight is 387 g/mol. The molecule has 2 aliphatic rings. The van der Waals surface area contributed by atoms with E-state index in [9.17, 15) is 18.0 Å². The SMILES string of the molecule is Cl.O=c1cc(-c2ccc(F)cc2OC(F)F)cc2n1C[C@@H]1CNC[C@H]2C1. The van der Waals surface area contributed by atoms with Crippen molar-refractivity contribution in [1.29, 1.82) is 0 Å². The van der Waals surface area contributed by atoms with Gasteiger partial charge in [-0.25, -0.2) is 4.39 Å². The zero-order chi connectivity index (χ0) is 17.6. The second-order valence-electron chi connectivity index (χ2n) is 6.59. The molecule has 0 saturated carbocycles. The highest BCUT2D eigenvalue weighted by Gasteiger charge is 2.31. The first-order chi connectivity index (χ1) is 12.0. The fraction of sp³-hybridized carbons (Fsp3) is 0.389. The maximum atomic E-state index is 13.4. The number of pyridine rings is 1. The second kappa shape index (κ2) is 7.32. The highest BCUT2D eigenvalue weighted by atomic mass is 35.5. The molecule has 0 radical (unpaired) electrons. The van der Waals surface area contributed by atoms with Crippen LogP contribution < -0.4 is 15.6 Å². The van der Waals surface area contributed by atoms with E-state index >= 15 is 0 Å². The Kier molecular flexibility index (Phi) is 5.29. The van der Waals surface area contributed by atoms with Gasteiger partial charge in [0.15, 0.2) is 0 Å². The number of hydrogen-bond donors (Lipinski definition) is 1. The number of piperidine rings is 1. The molecule has 2 bridgehead atoms. The first kappa shape index (κ1) is 18.8. The third-order valence-corrected chi connectivity index (χ3v) is 4.93. The molecule has 0 aliphatic carbocycles. The Morgan fingerprint density at radius 3 is 2.77 bits per heavy atom. The summed E-state index contributed by atoms with van der Waals surface area (Å²) in [6.07, 6.45) is 1.000. The summed E-state index contributed by atoms with van der Waals surface area (Å²) in [7, 11) is 0. The normalized spacial score (nSPS) is 21.1. The van der Waals surface area contributed by atoms with Crippen molar-refractivity contribution in [2.24, 2.45) is 5.92 Å². The van der Waals surface area contributed by atoms with Crippen LogP contribution in [0.1, 0.15) is 18.0 Å². The van der Waals surface area contributed by atoms with E-state index in [1.165, 1.54) is 18.2 Å². The van der Waals surface area contributed by atoms with E-state index in [1.54, 1.807) is 4.57 Å². The Morgan fingerprint density at radius 2 is 2.00 bits per heavy atom. The summed E-state index contributed by atoms with van der Waals surface area (Å²) >= 11 is 0. The monoisotopic (exact) mass is 386 g/mol. The van der Waals surface area contributed by atoms with E-state index in [2.05, 4.69) is 10.1 Å². The van der Waals surface area contributed by atoms with Crippen molar-refractivity contribution < 1.29 is 17.9 Å². The molecule has 2 atom stereocenters. The van der Waals surface area contributed by atoms with Crippen molar-refractivity contribution in [3.05, 3.63) is 52.2 Å². The number of alkyl halides is 2. The number of aromatic nitrogens is 1. The van der Waals surface area contributed by atoms with Gasteiger partial charge in [-0.05, 0) is 42.6 Å². The molecule has 0 amide bonds. The molecule has 140 valence electrons. The summed E-state index contributed by atoms with van der Waals surface area (Å²) in [5.41, 5.74) is 1.47. The second-order valence-corrected chi connectivity index (χ2v) is 6.59. The van der Waals surface area contributed by atoms with Gasteiger partial charge in [-0.1, -0.05) is 0 Å². The van der Waals surface area contributed by atoms with Crippen molar-refractivity contribution >= 4 is 12.4 Å². The molecule has 4 nitrogen and oxygen atoms in total. The maximum absolute atomic E-state index is 13.4. The third kappa shape index (κ3) is 3.46. The first-order valence-corrected chi connectivity index (χ1v) is 8.21. The quantitative estimate of drug-likeness (QED) is 0.879. The summed E-state index contributed by atoms with van der Waals surface area (Å²) < 4.78 is 44.9. The minimum atomic E-state index is -3.07. The average Bonchev–Trinajstić information content (AvgIpc) is 2.56. The van der Waals surface area contributed by atoms with Crippen LogP contribution in [-0.2, 0) is 6.54 Å². The predicted molar refractivity (Wildman–Crippen MR) is 93.7 cm³/mol. The third-order valence-electron chi connectivity index (χ3n) is 4.93. The zero-order valence-electron chi connectivity index (χ0n) is 13.8. The molecule has 0 spiro atoms. The number of nitrogens with one attached hydrogen (secondary N) is 1. The fourth-order valence-corrected chi connectivity index (χ4v) is 3.89. The molecule has 3 heterocycles. The molecule has 0 unspecified atom stereocenters. The Labute approximate surface area is 154 Å². The van der Waals surface area contributed by atoms with Crippen LogP contribution in [0.4, 0.5) is 13.2 Å². The van der Waals surface area contributed by atoms with Gasteiger partial charge in [0.25, 0.3) is 5.56 Å². The molecule has 1 N–H and O–H groups in total. The van der Waals surface area contributed by atoms with Gasteiger partial charge in [0.2, 0.25) is 0 Å². The summed E-state index contributed by atoms with van der Waals surface area (Å²) in [6.45, 7) is -0.734. The molecule has 8 heteroatoms. The van der Waals surface area contributed by atoms with Gasteiger partial charge in [-0.2, -0.15) is 8.78 Å². The van der Waals surface area contributed by atoms with Crippen LogP contribution in [0.15, 0.2) is 35.1 Å². The largest absolute Gasteiger partial charge is 0.434 e. The summed E-state index contributed by atoms with van der Waals surface area (Å²) in [4.78, 5) is 12.6. The van der Waals surface area contributed by atoms with Crippen LogP contribution in [0.2, 0.25) is 0 Å². The minimum Gasteiger partial charge on any atom is -0.434 e. The van der Waals surface area contributed by atoms with Gasteiger partial charge >= 0.3 is 6.61 Å². The van der Waals surface area contributed by atoms with Crippen LogP contribution in [0.5, 0.6) is 5.75 Å². The number of halogens is 4. The number of benzene rings is 1. The summed E-state index contributed by atoms with van der Waals surface area (Å²) in [5, 5.41) is 3.36. The van der Waals surface area contributed by atoms with E-state index in [0.717, 1.165) is 31.3 Å².